The Morgan fingerprint density at radius 3 is 2.50 bits per heavy atom. The molecule has 2 atom stereocenters. The van der Waals surface area contributed by atoms with Gasteiger partial charge in [-0.15, -0.1) is 0 Å². The minimum Gasteiger partial charge on any atom is -0.480 e. The van der Waals surface area contributed by atoms with E-state index in [1.807, 2.05) is 0 Å². The van der Waals surface area contributed by atoms with Crippen molar-refractivity contribution < 1.29 is 19.4 Å². The summed E-state index contributed by atoms with van der Waals surface area (Å²) in [6, 6.07) is 1.22. The zero-order valence-corrected chi connectivity index (χ0v) is 9.07. The number of benzene rings is 1. The molecule has 0 aliphatic heterocycles. The lowest BCUT2D eigenvalue weighted by Crippen LogP contribution is -2.37. The summed E-state index contributed by atoms with van der Waals surface area (Å²) in [5, 5.41) is 18.4. The number of aryl methyl sites for hydroxylation is 1. The Labute approximate surface area is 92.5 Å². The van der Waals surface area contributed by atoms with Crippen LogP contribution in [0.3, 0.4) is 0 Å². The highest BCUT2D eigenvalue weighted by atomic mass is 19.1. The Morgan fingerprint density at radius 2 is 2.00 bits per heavy atom. The van der Waals surface area contributed by atoms with Crippen molar-refractivity contribution in [1.82, 2.24) is 0 Å². The van der Waals surface area contributed by atoms with Crippen molar-refractivity contribution in [2.75, 3.05) is 0 Å². The van der Waals surface area contributed by atoms with Crippen LogP contribution in [0.1, 0.15) is 22.8 Å². The lowest BCUT2D eigenvalue weighted by atomic mass is 9.95. The molecular weight excluding hydrogens is 213 g/mol. The van der Waals surface area contributed by atoms with E-state index in [-0.39, 0.29) is 5.56 Å². The first kappa shape index (κ1) is 12.6. The van der Waals surface area contributed by atoms with Crippen LogP contribution in [0.25, 0.3) is 0 Å². The van der Waals surface area contributed by atoms with E-state index in [4.69, 9.17) is 10.8 Å². The van der Waals surface area contributed by atoms with Crippen LogP contribution in [-0.4, -0.2) is 22.2 Å². The second kappa shape index (κ2) is 4.59. The van der Waals surface area contributed by atoms with Crippen LogP contribution in [0.5, 0.6) is 0 Å². The third kappa shape index (κ3) is 2.20. The summed E-state index contributed by atoms with van der Waals surface area (Å²) in [6.45, 7) is 3.36. The van der Waals surface area contributed by atoms with Gasteiger partial charge in [-0.1, -0.05) is 6.07 Å². The Bertz CT molecular complexity index is 420. The molecule has 0 heterocycles. The number of carboxylic acids is 1. The molecule has 0 aromatic heterocycles. The molecule has 0 fully saturated rings. The summed E-state index contributed by atoms with van der Waals surface area (Å²) in [4.78, 5) is 10.6. The largest absolute Gasteiger partial charge is 0.480 e. The number of nitrogens with two attached hydrogens (primary N) is 1. The first-order chi connectivity index (χ1) is 7.36. The maximum Gasteiger partial charge on any atom is 0.323 e. The molecule has 4 N–H and O–H groups in total. The highest BCUT2D eigenvalue weighted by molar-refractivity contribution is 5.74. The number of aliphatic hydroxyl groups excluding tert-OH is 1. The maximum absolute atomic E-state index is 13.5. The van der Waals surface area contributed by atoms with E-state index in [0.29, 0.717) is 5.56 Å². The molecule has 4 nitrogen and oxygen atoms in total. The molecule has 0 radical (unpaired) electrons. The van der Waals surface area contributed by atoms with E-state index < -0.39 is 23.9 Å². The van der Waals surface area contributed by atoms with Crippen LogP contribution in [0, 0.1) is 19.7 Å². The molecule has 16 heavy (non-hydrogen) atoms. The molecule has 0 saturated carbocycles. The lowest BCUT2D eigenvalue weighted by molar-refractivity contribution is -0.141. The van der Waals surface area contributed by atoms with Gasteiger partial charge in [0, 0.05) is 5.56 Å². The Balaban J connectivity index is 3.22. The highest BCUT2D eigenvalue weighted by Crippen LogP contribution is 2.25. The molecule has 1 rings (SSSR count). The van der Waals surface area contributed by atoms with Crippen LogP contribution in [0.15, 0.2) is 12.1 Å². The predicted octanol–water partition coefficient (Wildman–Crippen LogP) is 0.888. The molecule has 2 unspecified atom stereocenters. The first-order valence-electron chi connectivity index (χ1n) is 4.78. The number of aliphatic hydroxyl groups is 1. The fourth-order valence-corrected chi connectivity index (χ4v) is 1.48. The summed E-state index contributed by atoms with van der Waals surface area (Å²) in [7, 11) is 0. The number of hydrogen-bond acceptors (Lipinski definition) is 3. The molecule has 0 aliphatic carbocycles. The average Bonchev–Trinajstić information content (AvgIpc) is 2.22. The van der Waals surface area contributed by atoms with E-state index >= 15 is 0 Å². The quantitative estimate of drug-likeness (QED) is 0.716. The standard InChI is InChI=1S/C11H14FNO3/c1-5-3-4-7(12)8(6(5)2)10(14)9(13)11(15)16/h3-4,9-10,14H,13H2,1-2H3,(H,15,16). The van der Waals surface area contributed by atoms with E-state index in [2.05, 4.69) is 0 Å². The maximum atomic E-state index is 13.5. The van der Waals surface area contributed by atoms with Crippen LogP contribution in [0.4, 0.5) is 4.39 Å². The minimum absolute atomic E-state index is 0.0464. The van der Waals surface area contributed by atoms with Crippen LogP contribution in [0.2, 0.25) is 0 Å². The molecule has 1 aromatic carbocycles. The van der Waals surface area contributed by atoms with E-state index in [1.165, 1.54) is 6.07 Å². The smallest absolute Gasteiger partial charge is 0.323 e. The van der Waals surface area contributed by atoms with Crippen molar-refractivity contribution in [1.29, 1.82) is 0 Å². The van der Waals surface area contributed by atoms with Crippen molar-refractivity contribution in [2.45, 2.75) is 26.0 Å². The van der Waals surface area contributed by atoms with Gasteiger partial charge >= 0.3 is 5.97 Å². The number of halogens is 1. The summed E-state index contributed by atoms with van der Waals surface area (Å²) in [5.74, 6) is -2.01. The second-order valence-corrected chi connectivity index (χ2v) is 3.71. The van der Waals surface area contributed by atoms with Gasteiger partial charge in [0.05, 0.1) is 0 Å². The van der Waals surface area contributed by atoms with Gasteiger partial charge in [-0.25, -0.2) is 4.39 Å². The third-order valence-corrected chi connectivity index (χ3v) is 2.65. The van der Waals surface area contributed by atoms with E-state index in [0.717, 1.165) is 5.56 Å². The molecule has 0 saturated heterocycles. The summed E-state index contributed by atoms with van der Waals surface area (Å²) >= 11 is 0. The number of carbonyl (C=O) groups is 1. The summed E-state index contributed by atoms with van der Waals surface area (Å²) in [6.07, 6.45) is -1.54. The van der Waals surface area contributed by atoms with Gasteiger partial charge in [-0.3, -0.25) is 4.79 Å². The lowest BCUT2D eigenvalue weighted by Gasteiger charge is -2.19. The van der Waals surface area contributed by atoms with Gasteiger partial charge in [0.1, 0.15) is 18.0 Å². The topological polar surface area (TPSA) is 83.5 Å². The monoisotopic (exact) mass is 227 g/mol. The van der Waals surface area contributed by atoms with Gasteiger partial charge < -0.3 is 15.9 Å². The van der Waals surface area contributed by atoms with Gasteiger partial charge in [0.15, 0.2) is 0 Å². The van der Waals surface area contributed by atoms with Crippen molar-refractivity contribution >= 4 is 5.97 Å². The second-order valence-electron chi connectivity index (χ2n) is 3.71. The predicted molar refractivity (Wildman–Crippen MR) is 56.4 cm³/mol. The Kier molecular flexibility index (Phi) is 3.62. The van der Waals surface area contributed by atoms with Crippen LogP contribution < -0.4 is 5.73 Å². The van der Waals surface area contributed by atoms with E-state index in [9.17, 15) is 14.3 Å². The Morgan fingerprint density at radius 1 is 1.44 bits per heavy atom. The zero-order valence-electron chi connectivity index (χ0n) is 9.07. The molecule has 88 valence electrons. The van der Waals surface area contributed by atoms with Crippen molar-refractivity contribution in [3.8, 4) is 0 Å². The first-order valence-corrected chi connectivity index (χ1v) is 4.78. The summed E-state index contributed by atoms with van der Waals surface area (Å²) in [5.41, 5.74) is 6.51. The van der Waals surface area contributed by atoms with Gasteiger partial charge in [0.2, 0.25) is 0 Å². The molecule has 5 heteroatoms. The van der Waals surface area contributed by atoms with E-state index in [1.54, 1.807) is 19.9 Å². The fourth-order valence-electron chi connectivity index (χ4n) is 1.48. The molecule has 0 bridgehead atoms. The molecule has 0 aliphatic rings. The van der Waals surface area contributed by atoms with Gasteiger partial charge in [-0.2, -0.15) is 0 Å². The van der Waals surface area contributed by atoms with Crippen molar-refractivity contribution in [3.05, 3.63) is 34.6 Å². The van der Waals surface area contributed by atoms with Crippen molar-refractivity contribution in [3.63, 3.8) is 0 Å². The number of hydrogen-bond donors (Lipinski definition) is 3. The van der Waals surface area contributed by atoms with Crippen LogP contribution >= 0.6 is 0 Å². The molecular formula is C11H14FNO3. The van der Waals surface area contributed by atoms with Gasteiger partial charge in [-0.05, 0) is 31.0 Å². The number of aliphatic carboxylic acids is 1. The molecule has 0 amide bonds. The zero-order chi connectivity index (χ0) is 12.5. The minimum atomic E-state index is -1.54. The van der Waals surface area contributed by atoms with Gasteiger partial charge in [0.25, 0.3) is 0 Å². The number of carboxylic acid groups (broad SMARTS) is 1. The SMILES string of the molecule is Cc1ccc(F)c(C(O)C(N)C(=O)O)c1C. The molecule has 0 spiro atoms. The van der Waals surface area contributed by atoms with Crippen molar-refractivity contribution in [2.24, 2.45) is 5.73 Å². The third-order valence-electron chi connectivity index (χ3n) is 2.65. The highest BCUT2D eigenvalue weighted by Gasteiger charge is 2.27. The molecule has 1 aromatic rings. The Hall–Kier alpha value is -1.46. The number of rotatable bonds is 3. The van der Waals surface area contributed by atoms with Crippen LogP contribution in [-0.2, 0) is 4.79 Å². The average molecular weight is 227 g/mol. The summed E-state index contributed by atoms with van der Waals surface area (Å²) < 4.78 is 13.5. The normalized spacial score (nSPS) is 14.6. The fraction of sp³-hybridized carbons (Fsp3) is 0.364.